The molecular weight excluding hydrogens is 440 g/mol. The fourth-order valence-corrected chi connectivity index (χ4v) is 7.69. The second-order valence-electron chi connectivity index (χ2n) is 8.49. The average Bonchev–Trinajstić information content (AvgIpc) is 3.40. The van der Waals surface area contributed by atoms with E-state index in [-0.39, 0.29) is 37.9 Å². The normalized spacial score (nSPS) is 21.9. The maximum Gasteiger partial charge on any atom is 0.325 e. The van der Waals surface area contributed by atoms with Gasteiger partial charge in [-0.1, -0.05) is 12.8 Å². The molecule has 31 heavy (non-hydrogen) atoms. The third kappa shape index (κ3) is 3.98. The molecule has 1 saturated carbocycles. The second kappa shape index (κ2) is 8.18. The number of urea groups is 1. The van der Waals surface area contributed by atoms with Crippen LogP contribution < -0.4 is 5.32 Å². The Morgan fingerprint density at radius 1 is 1.13 bits per heavy atom. The summed E-state index contributed by atoms with van der Waals surface area (Å²) in [6.45, 7) is 4.79. The van der Waals surface area contributed by atoms with Crippen LogP contribution in [0.25, 0.3) is 0 Å². The van der Waals surface area contributed by atoms with Gasteiger partial charge in [-0.2, -0.15) is 4.31 Å². The zero-order valence-electron chi connectivity index (χ0n) is 17.8. The summed E-state index contributed by atoms with van der Waals surface area (Å²) in [4.78, 5) is 42.4. The zero-order chi connectivity index (χ0) is 22.4. The summed E-state index contributed by atoms with van der Waals surface area (Å²) >= 11 is 1.46. The maximum atomic E-state index is 12.9. The summed E-state index contributed by atoms with van der Waals surface area (Å²) in [5, 5.41) is 2.82. The van der Waals surface area contributed by atoms with Gasteiger partial charge >= 0.3 is 6.03 Å². The van der Waals surface area contributed by atoms with Crippen LogP contribution in [-0.2, 0) is 19.6 Å². The fourth-order valence-electron chi connectivity index (χ4n) is 4.74. The van der Waals surface area contributed by atoms with Crippen LogP contribution in [0.1, 0.15) is 41.9 Å². The first-order valence-corrected chi connectivity index (χ1v) is 12.9. The third-order valence-corrected chi connectivity index (χ3v) is 9.58. The molecule has 3 heterocycles. The van der Waals surface area contributed by atoms with Crippen LogP contribution in [0.15, 0.2) is 11.0 Å². The van der Waals surface area contributed by atoms with E-state index in [2.05, 4.69) is 5.32 Å². The van der Waals surface area contributed by atoms with Gasteiger partial charge in [0.25, 0.3) is 5.91 Å². The zero-order valence-corrected chi connectivity index (χ0v) is 19.5. The number of hydrogen-bond donors (Lipinski definition) is 1. The fraction of sp³-hybridized carbons (Fsp3) is 0.650. The molecule has 0 aromatic carbocycles. The molecule has 9 nitrogen and oxygen atoms in total. The highest BCUT2D eigenvalue weighted by Gasteiger charge is 2.52. The van der Waals surface area contributed by atoms with E-state index in [1.165, 1.54) is 15.6 Å². The van der Waals surface area contributed by atoms with Crippen molar-refractivity contribution in [1.29, 1.82) is 0 Å². The van der Waals surface area contributed by atoms with E-state index in [4.69, 9.17) is 0 Å². The molecule has 11 heteroatoms. The van der Waals surface area contributed by atoms with Crippen LogP contribution in [0.3, 0.4) is 0 Å². The number of thiophene rings is 1. The van der Waals surface area contributed by atoms with E-state index < -0.39 is 21.6 Å². The Bertz CT molecular complexity index is 1000. The van der Waals surface area contributed by atoms with Crippen molar-refractivity contribution in [2.24, 2.45) is 0 Å². The van der Waals surface area contributed by atoms with Gasteiger partial charge in [0.15, 0.2) is 0 Å². The molecule has 1 aromatic rings. The van der Waals surface area contributed by atoms with Gasteiger partial charge in [-0.15, -0.1) is 11.3 Å². The molecule has 4 amide bonds. The number of carbonyl (C=O) groups is 3. The van der Waals surface area contributed by atoms with Crippen LogP contribution >= 0.6 is 11.3 Å². The second-order valence-corrected chi connectivity index (χ2v) is 11.9. The lowest BCUT2D eigenvalue weighted by Crippen LogP contribution is -2.51. The lowest BCUT2D eigenvalue weighted by molar-refractivity contribution is -0.134. The number of hydrogen-bond acceptors (Lipinski definition) is 6. The molecule has 0 radical (unpaired) electrons. The maximum absolute atomic E-state index is 12.9. The summed E-state index contributed by atoms with van der Waals surface area (Å²) in [7, 11) is -3.57. The van der Waals surface area contributed by atoms with Crippen LogP contribution in [0.4, 0.5) is 4.79 Å². The molecule has 1 aliphatic carbocycles. The van der Waals surface area contributed by atoms with Gasteiger partial charge in [-0.3, -0.25) is 14.5 Å². The summed E-state index contributed by atoms with van der Waals surface area (Å²) < 4.78 is 27.3. The van der Waals surface area contributed by atoms with Gasteiger partial charge in [0, 0.05) is 48.9 Å². The first-order valence-electron chi connectivity index (χ1n) is 10.6. The molecule has 0 bridgehead atoms. The molecule has 1 N–H and O–H groups in total. The van der Waals surface area contributed by atoms with Gasteiger partial charge < -0.3 is 10.2 Å². The van der Waals surface area contributed by atoms with Crippen molar-refractivity contribution >= 4 is 39.2 Å². The molecule has 1 aromatic heterocycles. The van der Waals surface area contributed by atoms with Gasteiger partial charge in [0.05, 0.1) is 4.90 Å². The van der Waals surface area contributed by atoms with Gasteiger partial charge in [-0.05, 0) is 32.8 Å². The molecule has 0 atom stereocenters. The third-order valence-electron chi connectivity index (χ3n) is 6.46. The van der Waals surface area contributed by atoms with Gasteiger partial charge in [0.1, 0.15) is 5.54 Å². The minimum Gasteiger partial charge on any atom is -0.340 e. The molecule has 170 valence electrons. The highest BCUT2D eigenvalue weighted by atomic mass is 32.2. The van der Waals surface area contributed by atoms with Gasteiger partial charge in [-0.25, -0.2) is 13.2 Å². The minimum atomic E-state index is -3.57. The Labute approximate surface area is 186 Å². The summed E-state index contributed by atoms with van der Waals surface area (Å²) in [5.74, 6) is -0.396. The number of piperazine rings is 1. The molecule has 3 aliphatic rings. The van der Waals surface area contributed by atoms with Crippen molar-refractivity contribution in [3.05, 3.63) is 15.8 Å². The number of nitrogens with zero attached hydrogens (tertiary/aromatic N) is 3. The quantitative estimate of drug-likeness (QED) is 0.659. The number of rotatable bonds is 5. The van der Waals surface area contributed by atoms with Crippen LogP contribution in [0.5, 0.6) is 0 Å². The predicted molar refractivity (Wildman–Crippen MR) is 115 cm³/mol. The SMILES string of the molecule is Cc1cc(S(=O)(=O)N2CCN(C(=O)CCN3C(=O)NC4(CCCC4)C3=O)CC2)c(C)s1. The van der Waals surface area contributed by atoms with E-state index in [1.54, 1.807) is 17.9 Å². The average molecular weight is 469 g/mol. The van der Waals surface area contributed by atoms with Crippen molar-refractivity contribution < 1.29 is 22.8 Å². The smallest absolute Gasteiger partial charge is 0.325 e. The molecule has 2 aliphatic heterocycles. The lowest BCUT2D eigenvalue weighted by atomic mass is 9.98. The number of aryl methyl sites for hydroxylation is 2. The van der Waals surface area contributed by atoms with Crippen LogP contribution in [-0.4, -0.2) is 78.6 Å². The Morgan fingerprint density at radius 3 is 2.35 bits per heavy atom. The summed E-state index contributed by atoms with van der Waals surface area (Å²) in [5.41, 5.74) is -0.766. The lowest BCUT2D eigenvalue weighted by Gasteiger charge is -2.34. The number of imide groups is 1. The van der Waals surface area contributed by atoms with Crippen LogP contribution in [0, 0.1) is 13.8 Å². The first-order chi connectivity index (χ1) is 14.6. The molecule has 1 spiro atoms. The molecular formula is C20H28N4O5S2. The first kappa shape index (κ1) is 22.2. The standard InChI is InChI=1S/C20H28N4O5S2/c1-14-13-16(15(2)30-14)31(28,29)23-11-9-22(10-12-23)17(25)5-8-24-18(26)20(21-19(24)27)6-3-4-7-20/h13H,3-12H2,1-2H3,(H,21,27). The van der Waals surface area contributed by atoms with E-state index in [9.17, 15) is 22.8 Å². The highest BCUT2D eigenvalue weighted by molar-refractivity contribution is 7.89. The van der Waals surface area contributed by atoms with Crippen LogP contribution in [0.2, 0.25) is 0 Å². The number of carbonyl (C=O) groups excluding carboxylic acids is 3. The minimum absolute atomic E-state index is 0.0465. The number of amides is 4. The molecule has 3 fully saturated rings. The number of nitrogens with one attached hydrogen (secondary N) is 1. The molecule has 4 rings (SSSR count). The monoisotopic (exact) mass is 468 g/mol. The van der Waals surface area contributed by atoms with E-state index in [1.807, 2.05) is 6.92 Å². The molecule has 2 saturated heterocycles. The van der Waals surface area contributed by atoms with Gasteiger partial charge in [0.2, 0.25) is 15.9 Å². The number of sulfonamides is 1. The molecule has 0 unspecified atom stereocenters. The Morgan fingerprint density at radius 2 is 1.77 bits per heavy atom. The van der Waals surface area contributed by atoms with E-state index in [0.717, 1.165) is 27.5 Å². The van der Waals surface area contributed by atoms with Crippen molar-refractivity contribution in [2.75, 3.05) is 32.7 Å². The summed E-state index contributed by atoms with van der Waals surface area (Å²) in [6, 6.07) is 1.28. The van der Waals surface area contributed by atoms with E-state index in [0.29, 0.717) is 30.8 Å². The summed E-state index contributed by atoms with van der Waals surface area (Å²) in [6.07, 6.45) is 3.18. The van der Waals surface area contributed by atoms with Crippen molar-refractivity contribution in [3.8, 4) is 0 Å². The Kier molecular flexibility index (Phi) is 5.86. The highest BCUT2D eigenvalue weighted by Crippen LogP contribution is 2.35. The largest absolute Gasteiger partial charge is 0.340 e. The Hall–Kier alpha value is -1.98. The topological polar surface area (TPSA) is 107 Å². The predicted octanol–water partition coefficient (Wildman–Crippen LogP) is 1.45. The van der Waals surface area contributed by atoms with Crippen molar-refractivity contribution in [1.82, 2.24) is 19.4 Å². The van der Waals surface area contributed by atoms with Crippen molar-refractivity contribution in [3.63, 3.8) is 0 Å². The Balaban J connectivity index is 1.31. The van der Waals surface area contributed by atoms with Crippen molar-refractivity contribution in [2.45, 2.75) is 56.4 Å². The van der Waals surface area contributed by atoms with E-state index >= 15 is 0 Å².